The number of thioether (sulfide) groups is 1. The first-order valence-electron chi connectivity index (χ1n) is 9.52. The van der Waals surface area contributed by atoms with Crippen molar-refractivity contribution in [1.82, 2.24) is 4.90 Å². The molecule has 2 rings (SSSR count). The lowest BCUT2D eigenvalue weighted by Crippen LogP contribution is -2.39. The predicted octanol–water partition coefficient (Wildman–Crippen LogP) is 4.36. The van der Waals surface area contributed by atoms with Crippen molar-refractivity contribution in [3.05, 3.63) is 54.1 Å². The largest absolute Gasteiger partial charge is 0.494 e. The van der Waals surface area contributed by atoms with E-state index in [2.05, 4.69) is 5.32 Å². The van der Waals surface area contributed by atoms with Crippen molar-refractivity contribution in [2.45, 2.75) is 32.1 Å². The van der Waals surface area contributed by atoms with Crippen LogP contribution in [0.1, 0.15) is 25.8 Å². The maximum atomic E-state index is 12.6. The van der Waals surface area contributed by atoms with E-state index in [-0.39, 0.29) is 18.4 Å². The van der Waals surface area contributed by atoms with Crippen LogP contribution in [0, 0.1) is 6.92 Å². The molecule has 28 heavy (non-hydrogen) atoms. The van der Waals surface area contributed by atoms with Gasteiger partial charge in [0.2, 0.25) is 11.8 Å². The third-order valence-electron chi connectivity index (χ3n) is 4.10. The van der Waals surface area contributed by atoms with Gasteiger partial charge in [0, 0.05) is 17.1 Å². The van der Waals surface area contributed by atoms with Crippen LogP contribution in [-0.4, -0.2) is 42.2 Å². The number of aryl methyl sites for hydroxylation is 1. The Labute approximate surface area is 171 Å². The Hall–Kier alpha value is -2.47. The summed E-state index contributed by atoms with van der Waals surface area (Å²) in [6, 6.07) is 15.3. The molecule has 5 nitrogen and oxygen atoms in total. The van der Waals surface area contributed by atoms with Crippen molar-refractivity contribution in [1.29, 1.82) is 0 Å². The molecule has 0 saturated carbocycles. The average molecular weight is 401 g/mol. The Morgan fingerprint density at radius 3 is 2.43 bits per heavy atom. The molecule has 2 aromatic rings. The fraction of sp³-hybridized carbons (Fsp3) is 0.364. The number of carbonyl (C=O) groups is 2. The normalized spacial score (nSPS) is 10.4. The summed E-state index contributed by atoms with van der Waals surface area (Å²) < 4.78 is 5.43. The van der Waals surface area contributed by atoms with Gasteiger partial charge < -0.3 is 15.0 Å². The molecule has 0 radical (unpaired) electrons. The van der Waals surface area contributed by atoms with E-state index < -0.39 is 0 Å². The molecule has 0 atom stereocenters. The maximum Gasteiger partial charge on any atom is 0.244 e. The van der Waals surface area contributed by atoms with Crippen molar-refractivity contribution in [2.24, 2.45) is 0 Å². The Morgan fingerprint density at radius 1 is 1.07 bits per heavy atom. The Balaban J connectivity index is 1.89. The summed E-state index contributed by atoms with van der Waals surface area (Å²) in [5, 5.41) is 2.89. The molecular formula is C22H28N2O3S. The van der Waals surface area contributed by atoms with Gasteiger partial charge in [-0.05, 0) is 56.2 Å². The van der Waals surface area contributed by atoms with Crippen LogP contribution >= 0.6 is 11.8 Å². The molecule has 0 unspecified atom stereocenters. The van der Waals surface area contributed by atoms with Crippen molar-refractivity contribution < 1.29 is 14.3 Å². The first-order valence-corrected chi connectivity index (χ1v) is 10.5. The minimum absolute atomic E-state index is 0.0410. The second-order valence-corrected chi connectivity index (χ2v) is 7.42. The van der Waals surface area contributed by atoms with Crippen LogP contribution in [0.2, 0.25) is 0 Å². The first-order chi connectivity index (χ1) is 13.5. The van der Waals surface area contributed by atoms with Gasteiger partial charge >= 0.3 is 0 Å². The van der Waals surface area contributed by atoms with E-state index in [1.54, 1.807) is 4.90 Å². The van der Waals surface area contributed by atoms with Crippen molar-refractivity contribution in [2.75, 3.05) is 30.8 Å². The highest BCUT2D eigenvalue weighted by molar-refractivity contribution is 8.00. The number of nitrogens with one attached hydrogen (secondary N) is 1. The Bertz CT molecular complexity index is 778. The molecule has 6 heteroatoms. The lowest BCUT2D eigenvalue weighted by molar-refractivity contribution is -0.132. The maximum absolute atomic E-state index is 12.6. The van der Waals surface area contributed by atoms with Gasteiger partial charge in [-0.1, -0.05) is 25.1 Å². The van der Waals surface area contributed by atoms with E-state index in [4.69, 9.17) is 4.74 Å². The minimum Gasteiger partial charge on any atom is -0.494 e. The van der Waals surface area contributed by atoms with E-state index >= 15 is 0 Å². The molecule has 0 bridgehead atoms. The van der Waals surface area contributed by atoms with Crippen molar-refractivity contribution in [3.8, 4) is 5.75 Å². The highest BCUT2D eigenvalue weighted by Crippen LogP contribution is 2.22. The zero-order valence-electron chi connectivity index (χ0n) is 16.7. The van der Waals surface area contributed by atoms with Gasteiger partial charge in [0.15, 0.2) is 0 Å². The monoisotopic (exact) mass is 400 g/mol. The van der Waals surface area contributed by atoms with Gasteiger partial charge in [-0.3, -0.25) is 9.59 Å². The Morgan fingerprint density at radius 2 is 1.79 bits per heavy atom. The number of ether oxygens (including phenoxy) is 1. The molecule has 2 amide bonds. The lowest BCUT2D eigenvalue weighted by atomic mass is 10.2. The third-order valence-corrected chi connectivity index (χ3v) is 5.09. The van der Waals surface area contributed by atoms with Gasteiger partial charge in [-0.25, -0.2) is 0 Å². The van der Waals surface area contributed by atoms with E-state index in [1.165, 1.54) is 11.8 Å². The molecule has 0 fully saturated rings. The van der Waals surface area contributed by atoms with Crippen LogP contribution in [0.15, 0.2) is 53.4 Å². The minimum atomic E-state index is -0.179. The molecule has 0 spiro atoms. The summed E-state index contributed by atoms with van der Waals surface area (Å²) in [6.07, 6.45) is 0.803. The summed E-state index contributed by atoms with van der Waals surface area (Å²) in [5.41, 5.74) is 1.77. The molecule has 0 heterocycles. The van der Waals surface area contributed by atoms with E-state index in [1.807, 2.05) is 69.3 Å². The number of hydrogen-bond donors (Lipinski definition) is 1. The van der Waals surface area contributed by atoms with E-state index in [0.717, 1.165) is 28.3 Å². The molecule has 2 aromatic carbocycles. The van der Waals surface area contributed by atoms with Crippen LogP contribution in [0.25, 0.3) is 0 Å². The number of hydrogen-bond acceptors (Lipinski definition) is 4. The van der Waals surface area contributed by atoms with Crippen LogP contribution < -0.4 is 10.1 Å². The van der Waals surface area contributed by atoms with Crippen molar-refractivity contribution in [3.63, 3.8) is 0 Å². The fourth-order valence-electron chi connectivity index (χ4n) is 2.67. The molecule has 0 aliphatic carbocycles. The fourth-order valence-corrected chi connectivity index (χ4v) is 3.47. The van der Waals surface area contributed by atoms with Gasteiger partial charge in [0.25, 0.3) is 0 Å². The summed E-state index contributed by atoms with van der Waals surface area (Å²) in [7, 11) is 0. The van der Waals surface area contributed by atoms with Gasteiger partial charge in [0.05, 0.1) is 18.9 Å². The highest BCUT2D eigenvalue weighted by Gasteiger charge is 2.17. The van der Waals surface area contributed by atoms with Crippen molar-refractivity contribution >= 4 is 29.3 Å². The molecule has 0 aliphatic rings. The summed E-state index contributed by atoms with van der Waals surface area (Å²) in [6.45, 7) is 7.13. The third kappa shape index (κ3) is 6.93. The molecule has 1 N–H and O–H groups in total. The second kappa shape index (κ2) is 11.4. The molecule has 0 aromatic heterocycles. The zero-order valence-corrected chi connectivity index (χ0v) is 17.6. The van der Waals surface area contributed by atoms with E-state index in [9.17, 15) is 9.59 Å². The van der Waals surface area contributed by atoms with Crippen LogP contribution in [0.3, 0.4) is 0 Å². The van der Waals surface area contributed by atoms with Gasteiger partial charge in [-0.15, -0.1) is 11.8 Å². The van der Waals surface area contributed by atoms with Gasteiger partial charge in [0.1, 0.15) is 5.75 Å². The average Bonchev–Trinajstić information content (AvgIpc) is 2.69. The number of carbonyl (C=O) groups excluding carboxylic acids is 2. The number of anilines is 1. The number of para-hydroxylation sites is 1. The number of benzene rings is 2. The predicted molar refractivity (Wildman–Crippen MR) is 115 cm³/mol. The molecule has 0 aliphatic heterocycles. The zero-order chi connectivity index (χ0) is 20.4. The molecule has 0 saturated heterocycles. The SMILES string of the molecule is CCCN(CC(=O)Nc1ccccc1C)C(=O)CSc1ccc(OCC)cc1. The topological polar surface area (TPSA) is 58.6 Å². The quantitative estimate of drug-likeness (QED) is 0.602. The van der Waals surface area contributed by atoms with Crippen LogP contribution in [0.5, 0.6) is 5.75 Å². The van der Waals surface area contributed by atoms with Crippen LogP contribution in [-0.2, 0) is 9.59 Å². The summed E-state index contributed by atoms with van der Waals surface area (Å²) in [4.78, 5) is 27.7. The number of amides is 2. The standard InChI is InChI=1S/C22H28N2O3S/c1-4-14-24(15-21(25)23-20-9-7-6-8-17(20)3)22(26)16-28-19-12-10-18(11-13-19)27-5-2/h6-13H,4-5,14-16H2,1-3H3,(H,23,25). The number of rotatable bonds is 10. The van der Waals surface area contributed by atoms with Gasteiger partial charge in [-0.2, -0.15) is 0 Å². The van der Waals surface area contributed by atoms with E-state index in [0.29, 0.717) is 18.9 Å². The first kappa shape index (κ1) is 21.8. The molecular weight excluding hydrogens is 372 g/mol. The number of nitrogens with zero attached hydrogens (tertiary/aromatic N) is 1. The summed E-state index contributed by atoms with van der Waals surface area (Å²) >= 11 is 1.46. The molecule has 150 valence electrons. The highest BCUT2D eigenvalue weighted by atomic mass is 32.2. The summed E-state index contributed by atoms with van der Waals surface area (Å²) in [5.74, 6) is 0.896. The smallest absolute Gasteiger partial charge is 0.244 e. The Kier molecular flexibility index (Phi) is 8.88. The lowest BCUT2D eigenvalue weighted by Gasteiger charge is -2.22. The van der Waals surface area contributed by atoms with Crippen LogP contribution in [0.4, 0.5) is 5.69 Å². The second-order valence-electron chi connectivity index (χ2n) is 6.37.